The molecule has 5 rings (SSSR count). The zero-order valence-corrected chi connectivity index (χ0v) is 20.0. The SMILES string of the molecule is CC#CC(=O)N1CC[C@@H](N2NC(c3ccc(C(=O)Nc4cc(C#N)ccn4)cc3)=C3C2=CN=CN3N)C1. The molecular formula is C26H23N9O2. The summed E-state index contributed by atoms with van der Waals surface area (Å²) in [6.07, 6.45) is 5.49. The molecule has 37 heavy (non-hydrogen) atoms. The fourth-order valence-corrected chi connectivity index (χ4v) is 4.45. The Morgan fingerprint density at radius 3 is 2.81 bits per heavy atom. The van der Waals surface area contributed by atoms with E-state index in [9.17, 15) is 9.59 Å². The Bertz CT molecular complexity index is 1460. The minimum Gasteiger partial charge on any atom is -0.330 e. The van der Waals surface area contributed by atoms with Gasteiger partial charge >= 0.3 is 0 Å². The first-order valence-electron chi connectivity index (χ1n) is 11.6. The normalized spacial score (nSPS) is 17.9. The van der Waals surface area contributed by atoms with Crippen LogP contribution in [-0.2, 0) is 4.79 Å². The Hall–Kier alpha value is -5.13. The summed E-state index contributed by atoms with van der Waals surface area (Å²) in [7, 11) is 0. The van der Waals surface area contributed by atoms with Crippen LogP contribution in [-0.4, -0.2) is 57.2 Å². The zero-order chi connectivity index (χ0) is 25.9. The Labute approximate surface area is 213 Å². The smallest absolute Gasteiger partial charge is 0.298 e. The van der Waals surface area contributed by atoms with E-state index >= 15 is 0 Å². The van der Waals surface area contributed by atoms with Crippen LogP contribution < -0.4 is 16.6 Å². The number of benzene rings is 1. The molecule has 0 unspecified atom stereocenters. The molecule has 0 spiro atoms. The van der Waals surface area contributed by atoms with E-state index in [0.29, 0.717) is 30.0 Å². The standard InChI is InChI=1S/C26H23N9O2/c1-2-3-23(36)33-11-9-20(15-33)35-21-14-29-16-34(28)25(21)24(32-35)18-4-6-19(7-5-18)26(37)31-22-12-17(13-27)8-10-30-22/h4-8,10,12,14,16,20,32H,9,11,15,28H2,1H3,(H,30,31,37)/t20-/m1/s1. The average Bonchev–Trinajstić information content (AvgIpc) is 3.55. The van der Waals surface area contributed by atoms with Crippen molar-refractivity contribution in [3.63, 3.8) is 0 Å². The number of anilines is 1. The van der Waals surface area contributed by atoms with Gasteiger partial charge < -0.3 is 10.2 Å². The fraction of sp³-hybridized carbons (Fsp3) is 0.192. The van der Waals surface area contributed by atoms with Crippen LogP contribution in [0.2, 0.25) is 0 Å². The van der Waals surface area contributed by atoms with Gasteiger partial charge in [0.2, 0.25) is 0 Å². The van der Waals surface area contributed by atoms with E-state index in [-0.39, 0.29) is 17.9 Å². The Morgan fingerprint density at radius 2 is 2.05 bits per heavy atom. The van der Waals surface area contributed by atoms with Gasteiger partial charge in [-0.25, -0.2) is 15.8 Å². The largest absolute Gasteiger partial charge is 0.330 e. The second-order valence-electron chi connectivity index (χ2n) is 8.53. The minimum absolute atomic E-state index is 0.00443. The molecule has 1 saturated heterocycles. The van der Waals surface area contributed by atoms with Crippen LogP contribution in [0, 0.1) is 23.2 Å². The lowest BCUT2D eigenvalue weighted by molar-refractivity contribution is -0.124. The maximum absolute atomic E-state index is 12.7. The van der Waals surface area contributed by atoms with Crippen LogP contribution in [0.4, 0.5) is 5.82 Å². The summed E-state index contributed by atoms with van der Waals surface area (Å²) in [5, 5.41) is 15.2. The van der Waals surface area contributed by atoms with E-state index in [2.05, 4.69) is 32.6 Å². The van der Waals surface area contributed by atoms with Crippen molar-refractivity contribution >= 4 is 29.7 Å². The molecule has 11 heteroatoms. The summed E-state index contributed by atoms with van der Waals surface area (Å²) in [6.45, 7) is 2.78. The van der Waals surface area contributed by atoms with E-state index in [1.807, 2.05) is 23.2 Å². The number of aromatic nitrogens is 1. The van der Waals surface area contributed by atoms with Crippen molar-refractivity contribution in [3.8, 4) is 17.9 Å². The predicted octanol–water partition coefficient (Wildman–Crippen LogP) is 1.38. The molecule has 1 atom stereocenters. The first-order chi connectivity index (χ1) is 18.0. The van der Waals surface area contributed by atoms with Crippen molar-refractivity contribution in [2.75, 3.05) is 18.4 Å². The number of nitrogens with zero attached hydrogens (tertiary/aromatic N) is 6. The lowest BCUT2D eigenvalue weighted by Crippen LogP contribution is -2.43. The molecule has 3 aliphatic heterocycles. The molecule has 4 heterocycles. The van der Waals surface area contributed by atoms with Crippen LogP contribution in [0.5, 0.6) is 0 Å². The fourth-order valence-electron chi connectivity index (χ4n) is 4.45. The number of hydrazine groups is 2. The lowest BCUT2D eigenvalue weighted by Gasteiger charge is -2.29. The van der Waals surface area contributed by atoms with Gasteiger partial charge in [0.05, 0.1) is 29.6 Å². The molecule has 0 aliphatic carbocycles. The van der Waals surface area contributed by atoms with Gasteiger partial charge in [0.25, 0.3) is 11.8 Å². The van der Waals surface area contributed by atoms with Gasteiger partial charge in [0.15, 0.2) is 0 Å². The molecule has 0 bridgehead atoms. The minimum atomic E-state index is -0.343. The van der Waals surface area contributed by atoms with Crippen LogP contribution >= 0.6 is 0 Å². The highest BCUT2D eigenvalue weighted by atomic mass is 16.2. The van der Waals surface area contributed by atoms with E-state index in [4.69, 9.17) is 11.1 Å². The van der Waals surface area contributed by atoms with E-state index < -0.39 is 0 Å². The third kappa shape index (κ3) is 4.59. The molecule has 4 N–H and O–H groups in total. The lowest BCUT2D eigenvalue weighted by atomic mass is 10.1. The van der Waals surface area contributed by atoms with Crippen molar-refractivity contribution in [1.82, 2.24) is 25.3 Å². The number of carbonyl (C=O) groups is 2. The topological polar surface area (TPSA) is 143 Å². The number of nitriles is 1. The van der Waals surface area contributed by atoms with Gasteiger partial charge in [-0.2, -0.15) is 5.26 Å². The van der Waals surface area contributed by atoms with Crippen LogP contribution in [0.1, 0.15) is 34.8 Å². The Kier molecular flexibility index (Phi) is 6.29. The third-order valence-corrected chi connectivity index (χ3v) is 6.23. The molecule has 2 amide bonds. The molecule has 3 aliphatic rings. The number of hydrogen-bond acceptors (Lipinski definition) is 9. The van der Waals surface area contributed by atoms with E-state index in [1.54, 1.807) is 36.2 Å². The Balaban J connectivity index is 1.35. The third-order valence-electron chi connectivity index (χ3n) is 6.23. The van der Waals surface area contributed by atoms with Gasteiger partial charge in [-0.15, -0.1) is 0 Å². The Morgan fingerprint density at radius 1 is 1.24 bits per heavy atom. The molecule has 2 aromatic rings. The number of pyridine rings is 1. The van der Waals surface area contributed by atoms with Gasteiger partial charge in [-0.3, -0.25) is 25.0 Å². The second kappa shape index (κ2) is 9.85. The summed E-state index contributed by atoms with van der Waals surface area (Å²) < 4.78 is 0. The summed E-state index contributed by atoms with van der Waals surface area (Å²) in [4.78, 5) is 35.0. The van der Waals surface area contributed by atoms with Crippen molar-refractivity contribution < 1.29 is 9.59 Å². The highest BCUT2D eigenvalue weighted by Crippen LogP contribution is 2.36. The summed E-state index contributed by atoms with van der Waals surface area (Å²) >= 11 is 0. The summed E-state index contributed by atoms with van der Waals surface area (Å²) in [5.74, 6) is 11.3. The molecule has 184 valence electrons. The summed E-state index contributed by atoms with van der Waals surface area (Å²) in [5.41, 5.74) is 7.39. The number of amides is 2. The highest BCUT2D eigenvalue weighted by molar-refractivity contribution is 6.04. The van der Waals surface area contributed by atoms with Crippen molar-refractivity contribution in [2.24, 2.45) is 10.8 Å². The number of hydrogen-bond donors (Lipinski definition) is 3. The number of carbonyl (C=O) groups excluding carboxylic acids is 2. The first-order valence-corrected chi connectivity index (χ1v) is 11.6. The number of nitrogens with one attached hydrogen (secondary N) is 2. The van der Waals surface area contributed by atoms with Crippen molar-refractivity contribution in [2.45, 2.75) is 19.4 Å². The monoisotopic (exact) mass is 493 g/mol. The number of fused-ring (bicyclic) bond motifs is 1. The quantitative estimate of drug-likeness (QED) is 0.428. The van der Waals surface area contributed by atoms with Crippen LogP contribution in [0.25, 0.3) is 5.70 Å². The van der Waals surface area contributed by atoms with Gasteiger partial charge in [0.1, 0.15) is 23.6 Å². The van der Waals surface area contributed by atoms with Crippen molar-refractivity contribution in [1.29, 1.82) is 5.26 Å². The number of nitrogens with two attached hydrogens (primary N) is 1. The molecule has 1 aromatic heterocycles. The molecule has 1 fully saturated rings. The molecule has 0 saturated carbocycles. The maximum Gasteiger partial charge on any atom is 0.298 e. The van der Waals surface area contributed by atoms with E-state index in [1.165, 1.54) is 23.6 Å². The predicted molar refractivity (Wildman–Crippen MR) is 136 cm³/mol. The highest BCUT2D eigenvalue weighted by Gasteiger charge is 2.39. The molecule has 0 radical (unpaired) electrons. The molecule has 11 nitrogen and oxygen atoms in total. The van der Waals surface area contributed by atoms with E-state index in [0.717, 1.165) is 29.1 Å². The van der Waals surface area contributed by atoms with Gasteiger partial charge in [-0.1, -0.05) is 18.1 Å². The number of aliphatic imine (C=N–C) groups is 1. The van der Waals surface area contributed by atoms with Gasteiger partial charge in [-0.05, 0) is 43.5 Å². The maximum atomic E-state index is 12.7. The number of rotatable bonds is 4. The van der Waals surface area contributed by atoms with Crippen molar-refractivity contribution in [3.05, 3.63) is 76.9 Å². The summed E-state index contributed by atoms with van der Waals surface area (Å²) in [6, 6.07) is 12.2. The van der Waals surface area contributed by atoms with Crippen LogP contribution in [0.15, 0.2) is 65.2 Å². The zero-order valence-electron chi connectivity index (χ0n) is 20.0. The van der Waals surface area contributed by atoms with Gasteiger partial charge in [0, 0.05) is 30.4 Å². The van der Waals surface area contributed by atoms with Crippen LogP contribution in [0.3, 0.4) is 0 Å². The molecular weight excluding hydrogens is 470 g/mol. The molecule has 1 aromatic carbocycles. The average molecular weight is 494 g/mol. The number of likely N-dealkylation sites (tertiary alicyclic amines) is 1. The second-order valence-corrected chi connectivity index (χ2v) is 8.53. The first kappa shape index (κ1) is 23.6.